The summed E-state index contributed by atoms with van der Waals surface area (Å²) in [5.74, 6) is -0.832. The highest BCUT2D eigenvalue weighted by Crippen LogP contribution is 2.14. The van der Waals surface area contributed by atoms with Gasteiger partial charge in [-0.1, -0.05) is 28.1 Å². The molecule has 1 heterocycles. The minimum absolute atomic E-state index is 0.0739. The number of aliphatic carboxylic acids is 1. The number of hydrazone groups is 1. The van der Waals surface area contributed by atoms with Gasteiger partial charge < -0.3 is 9.52 Å². The van der Waals surface area contributed by atoms with Gasteiger partial charge in [0.15, 0.2) is 0 Å². The minimum Gasteiger partial charge on any atom is -0.481 e. The molecule has 2 N–H and O–H groups in total. The number of hydrogen-bond donors (Lipinski definition) is 2. The fraction of sp³-hybridized carbons (Fsp3) is 0.188. The van der Waals surface area contributed by atoms with Crippen LogP contribution in [0.2, 0.25) is 0 Å². The number of nitrogens with one attached hydrogen (secondary N) is 1. The second-order valence-corrected chi connectivity index (χ2v) is 5.71. The number of aryl methyl sites for hydroxylation is 1. The first kappa shape index (κ1) is 17.0. The van der Waals surface area contributed by atoms with Gasteiger partial charge in [0.2, 0.25) is 0 Å². The van der Waals surface area contributed by atoms with Gasteiger partial charge in [0.1, 0.15) is 5.76 Å². The lowest BCUT2D eigenvalue weighted by atomic mass is 10.1. The van der Waals surface area contributed by atoms with Gasteiger partial charge in [0.25, 0.3) is 5.91 Å². The molecule has 0 radical (unpaired) electrons. The molecule has 6 nitrogen and oxygen atoms in total. The van der Waals surface area contributed by atoms with Gasteiger partial charge in [-0.25, -0.2) is 5.43 Å². The van der Waals surface area contributed by atoms with Crippen LogP contribution in [0.4, 0.5) is 0 Å². The lowest BCUT2D eigenvalue weighted by Crippen LogP contribution is -2.20. The Balaban J connectivity index is 2.18. The average Bonchev–Trinajstić information content (AvgIpc) is 2.94. The van der Waals surface area contributed by atoms with Crippen LogP contribution >= 0.6 is 15.9 Å². The zero-order chi connectivity index (χ0) is 16.8. The number of rotatable bonds is 6. The maximum Gasteiger partial charge on any atom is 0.303 e. The van der Waals surface area contributed by atoms with Crippen molar-refractivity contribution >= 4 is 33.5 Å². The first-order chi connectivity index (χ1) is 11.0. The van der Waals surface area contributed by atoms with E-state index in [2.05, 4.69) is 26.5 Å². The third-order valence-electron chi connectivity index (χ3n) is 3.15. The summed E-state index contributed by atoms with van der Waals surface area (Å²) in [6.07, 6.45) is 1.56. The van der Waals surface area contributed by atoms with E-state index in [9.17, 15) is 9.59 Å². The van der Waals surface area contributed by atoms with Crippen LogP contribution in [0.25, 0.3) is 0 Å². The van der Waals surface area contributed by atoms with Gasteiger partial charge >= 0.3 is 5.97 Å². The van der Waals surface area contributed by atoms with Crippen LogP contribution in [0, 0.1) is 6.92 Å². The van der Waals surface area contributed by atoms with Crippen LogP contribution in [0.1, 0.15) is 34.5 Å². The molecule has 0 fully saturated rings. The molecule has 0 saturated carbocycles. The van der Waals surface area contributed by atoms with Crippen molar-refractivity contribution in [3.05, 3.63) is 58.0 Å². The molecule has 23 heavy (non-hydrogen) atoms. The Morgan fingerprint density at radius 2 is 1.91 bits per heavy atom. The highest BCUT2D eigenvalue weighted by atomic mass is 79.9. The number of carboxylic acids is 1. The number of hydrogen-bond acceptors (Lipinski definition) is 4. The molecule has 0 aliphatic carbocycles. The van der Waals surface area contributed by atoms with Crippen molar-refractivity contribution in [3.8, 4) is 0 Å². The molecule has 0 aliphatic rings. The summed E-state index contributed by atoms with van der Waals surface area (Å²) >= 11 is 3.34. The summed E-state index contributed by atoms with van der Waals surface area (Å²) in [5.41, 5.74) is 4.08. The zero-order valence-electron chi connectivity index (χ0n) is 12.4. The Hall–Kier alpha value is -2.41. The number of carbonyl (C=O) groups excluding carboxylic acids is 1. The number of furan rings is 1. The summed E-state index contributed by atoms with van der Waals surface area (Å²) in [5, 5.41) is 12.9. The number of amides is 1. The number of halogens is 1. The van der Waals surface area contributed by atoms with E-state index in [0.29, 0.717) is 17.0 Å². The smallest absolute Gasteiger partial charge is 0.303 e. The number of nitrogens with zero attached hydrogens (tertiary/aromatic N) is 1. The Morgan fingerprint density at radius 3 is 2.48 bits per heavy atom. The van der Waals surface area contributed by atoms with E-state index in [-0.39, 0.29) is 12.8 Å². The van der Waals surface area contributed by atoms with Crippen molar-refractivity contribution in [3.63, 3.8) is 0 Å². The molecule has 0 bridgehead atoms. The first-order valence-electron chi connectivity index (χ1n) is 6.86. The lowest BCUT2D eigenvalue weighted by Gasteiger charge is -2.07. The molecular formula is C16H15BrN2O4. The monoisotopic (exact) mass is 378 g/mol. The van der Waals surface area contributed by atoms with Gasteiger partial charge in [0.05, 0.1) is 24.0 Å². The van der Waals surface area contributed by atoms with E-state index in [1.807, 2.05) is 12.1 Å². The molecule has 0 aliphatic heterocycles. The standard InChI is InChI=1S/C16H15BrN2O4/c1-10-13(8-9-23-10)16(22)19-18-14(6-7-15(20)21)11-2-4-12(17)5-3-11/h2-5,8-9H,6-7H2,1H3,(H,19,22)(H,20,21)/b18-14-. The third kappa shape index (κ3) is 4.79. The van der Waals surface area contributed by atoms with E-state index in [4.69, 9.17) is 9.52 Å². The molecule has 1 aromatic carbocycles. The molecule has 0 unspecified atom stereocenters. The second-order valence-electron chi connectivity index (χ2n) is 4.79. The summed E-state index contributed by atoms with van der Waals surface area (Å²) in [6, 6.07) is 8.82. The topological polar surface area (TPSA) is 91.9 Å². The molecule has 0 spiro atoms. The van der Waals surface area contributed by atoms with Crippen molar-refractivity contribution in [1.82, 2.24) is 5.43 Å². The molecule has 0 saturated heterocycles. The molecule has 120 valence electrons. The van der Waals surface area contributed by atoms with Gasteiger partial charge in [-0.15, -0.1) is 0 Å². The number of carbonyl (C=O) groups is 2. The van der Waals surface area contributed by atoms with Crippen LogP contribution in [0.15, 0.2) is 50.6 Å². The predicted molar refractivity (Wildman–Crippen MR) is 88.5 cm³/mol. The maximum absolute atomic E-state index is 12.1. The molecule has 1 aromatic heterocycles. The van der Waals surface area contributed by atoms with Crippen molar-refractivity contribution < 1.29 is 19.1 Å². The van der Waals surface area contributed by atoms with Gasteiger partial charge in [-0.3, -0.25) is 9.59 Å². The minimum atomic E-state index is -0.924. The van der Waals surface area contributed by atoms with Gasteiger partial charge in [0, 0.05) is 10.9 Å². The van der Waals surface area contributed by atoms with Crippen molar-refractivity contribution in [2.75, 3.05) is 0 Å². The maximum atomic E-state index is 12.1. The van der Waals surface area contributed by atoms with Crippen LogP contribution in [0.3, 0.4) is 0 Å². The van der Waals surface area contributed by atoms with Gasteiger partial charge in [-0.2, -0.15) is 5.10 Å². The van der Waals surface area contributed by atoms with Crippen LogP contribution in [-0.2, 0) is 4.79 Å². The number of benzene rings is 1. The molecular weight excluding hydrogens is 364 g/mol. The normalized spacial score (nSPS) is 11.3. The van der Waals surface area contributed by atoms with Crippen LogP contribution < -0.4 is 5.43 Å². The highest BCUT2D eigenvalue weighted by molar-refractivity contribution is 9.10. The SMILES string of the molecule is Cc1occc1C(=O)N/N=C(/CCC(=O)O)c1ccc(Br)cc1. The van der Waals surface area contributed by atoms with Crippen molar-refractivity contribution in [1.29, 1.82) is 0 Å². The largest absolute Gasteiger partial charge is 0.481 e. The van der Waals surface area contributed by atoms with Crippen LogP contribution in [0.5, 0.6) is 0 Å². The fourth-order valence-corrected chi connectivity index (χ4v) is 2.20. The van der Waals surface area contributed by atoms with E-state index < -0.39 is 11.9 Å². The van der Waals surface area contributed by atoms with Gasteiger partial charge in [-0.05, 0) is 30.7 Å². The first-order valence-corrected chi connectivity index (χ1v) is 7.65. The quantitative estimate of drug-likeness (QED) is 0.595. The molecule has 1 amide bonds. The summed E-state index contributed by atoms with van der Waals surface area (Å²) in [7, 11) is 0. The predicted octanol–water partition coefficient (Wildman–Crippen LogP) is 3.35. The Morgan fingerprint density at radius 1 is 1.22 bits per heavy atom. The Kier molecular flexibility index (Phi) is 5.70. The summed E-state index contributed by atoms with van der Waals surface area (Å²) in [6.45, 7) is 1.68. The van der Waals surface area contributed by atoms with E-state index in [0.717, 1.165) is 10.0 Å². The van der Waals surface area contributed by atoms with E-state index >= 15 is 0 Å². The second kappa shape index (κ2) is 7.73. The summed E-state index contributed by atoms with van der Waals surface area (Å²) < 4.78 is 5.98. The molecule has 0 atom stereocenters. The van der Waals surface area contributed by atoms with Crippen molar-refractivity contribution in [2.45, 2.75) is 19.8 Å². The number of carboxylic acid groups (broad SMARTS) is 1. The van der Waals surface area contributed by atoms with Crippen molar-refractivity contribution in [2.24, 2.45) is 5.10 Å². The summed E-state index contributed by atoms with van der Waals surface area (Å²) in [4.78, 5) is 22.8. The highest BCUT2D eigenvalue weighted by Gasteiger charge is 2.12. The Labute approximate surface area is 141 Å². The Bertz CT molecular complexity index is 735. The zero-order valence-corrected chi connectivity index (χ0v) is 14.0. The fourth-order valence-electron chi connectivity index (χ4n) is 1.93. The molecule has 2 rings (SSSR count). The van der Waals surface area contributed by atoms with Crippen LogP contribution in [-0.4, -0.2) is 22.7 Å². The molecule has 7 heteroatoms. The lowest BCUT2D eigenvalue weighted by molar-refractivity contribution is -0.136. The average molecular weight is 379 g/mol. The van der Waals surface area contributed by atoms with E-state index in [1.54, 1.807) is 25.1 Å². The molecule has 2 aromatic rings. The third-order valence-corrected chi connectivity index (χ3v) is 3.68. The van der Waals surface area contributed by atoms with E-state index in [1.165, 1.54) is 6.26 Å².